The second-order valence-electron chi connectivity index (χ2n) is 5.18. The molecule has 0 bridgehead atoms. The maximum Gasteiger partial charge on any atom is 0.152 e. The monoisotopic (exact) mass is 279 g/mol. The molecule has 3 heterocycles. The molecule has 1 aliphatic rings. The molecule has 102 valence electrons. The zero-order valence-corrected chi connectivity index (χ0v) is 11.6. The van der Waals surface area contributed by atoms with E-state index >= 15 is 0 Å². The van der Waals surface area contributed by atoms with Gasteiger partial charge in [-0.25, -0.2) is 4.98 Å². The van der Waals surface area contributed by atoms with Crippen molar-refractivity contribution in [3.05, 3.63) is 35.2 Å². The van der Waals surface area contributed by atoms with Crippen LogP contribution in [0.3, 0.4) is 0 Å². The summed E-state index contributed by atoms with van der Waals surface area (Å²) in [6.45, 7) is 3.16. The summed E-state index contributed by atoms with van der Waals surface area (Å²) in [7, 11) is 0. The Morgan fingerprint density at radius 3 is 2.84 bits per heavy atom. The lowest BCUT2D eigenvalue weighted by atomic mass is 9.98. The Bertz CT molecular complexity index is 561. The first-order chi connectivity index (χ1) is 9.28. The molecule has 0 unspecified atom stereocenters. The number of imidazole rings is 1. The van der Waals surface area contributed by atoms with Gasteiger partial charge in [-0.05, 0) is 44.0 Å². The Morgan fingerprint density at radius 2 is 2.11 bits per heavy atom. The summed E-state index contributed by atoms with van der Waals surface area (Å²) in [5.41, 5.74) is 1.95. The second-order valence-corrected chi connectivity index (χ2v) is 5.54. The molecule has 1 saturated heterocycles. The lowest BCUT2D eigenvalue weighted by Crippen LogP contribution is -2.34. The SMILES string of the molecule is OCC1CCN(Cc2c(Cl)nc3ccccn23)CC1. The Labute approximate surface area is 117 Å². The van der Waals surface area contributed by atoms with Crippen LogP contribution in [0.25, 0.3) is 5.65 Å². The first kappa shape index (κ1) is 12.9. The van der Waals surface area contributed by atoms with Gasteiger partial charge in [0.1, 0.15) is 5.65 Å². The molecule has 0 radical (unpaired) electrons. The number of hydrogen-bond donors (Lipinski definition) is 1. The third-order valence-electron chi connectivity index (χ3n) is 3.92. The number of aromatic nitrogens is 2. The fourth-order valence-electron chi connectivity index (χ4n) is 2.70. The summed E-state index contributed by atoms with van der Waals surface area (Å²) in [6, 6.07) is 5.93. The summed E-state index contributed by atoms with van der Waals surface area (Å²) in [5, 5.41) is 9.76. The highest BCUT2D eigenvalue weighted by atomic mass is 35.5. The minimum Gasteiger partial charge on any atom is -0.396 e. The molecule has 2 aromatic rings. The minimum absolute atomic E-state index is 0.310. The molecule has 1 aliphatic heterocycles. The lowest BCUT2D eigenvalue weighted by molar-refractivity contribution is 0.126. The minimum atomic E-state index is 0.310. The molecule has 0 aliphatic carbocycles. The summed E-state index contributed by atoms with van der Waals surface area (Å²) >= 11 is 6.24. The Morgan fingerprint density at radius 1 is 1.32 bits per heavy atom. The van der Waals surface area contributed by atoms with Crippen LogP contribution in [-0.4, -0.2) is 39.1 Å². The topological polar surface area (TPSA) is 40.8 Å². The van der Waals surface area contributed by atoms with E-state index in [1.54, 1.807) is 0 Å². The van der Waals surface area contributed by atoms with Gasteiger partial charge < -0.3 is 9.51 Å². The predicted octanol–water partition coefficient (Wildman–Crippen LogP) is 2.19. The molecule has 0 saturated carbocycles. The molecule has 1 N–H and O–H groups in total. The highest BCUT2D eigenvalue weighted by Crippen LogP contribution is 2.22. The number of nitrogens with zero attached hydrogens (tertiary/aromatic N) is 3. The van der Waals surface area contributed by atoms with Gasteiger partial charge in [0.15, 0.2) is 5.15 Å². The molecule has 19 heavy (non-hydrogen) atoms. The van der Waals surface area contributed by atoms with Crippen LogP contribution in [0.1, 0.15) is 18.5 Å². The third kappa shape index (κ3) is 2.61. The van der Waals surface area contributed by atoms with Crippen LogP contribution in [0.2, 0.25) is 5.15 Å². The van der Waals surface area contributed by atoms with Crippen molar-refractivity contribution in [1.82, 2.24) is 14.3 Å². The zero-order chi connectivity index (χ0) is 13.2. The van der Waals surface area contributed by atoms with Crippen molar-refractivity contribution in [2.24, 2.45) is 5.92 Å². The van der Waals surface area contributed by atoms with Crippen LogP contribution in [0.4, 0.5) is 0 Å². The van der Waals surface area contributed by atoms with E-state index in [1.165, 1.54) is 0 Å². The first-order valence-corrected chi connectivity index (χ1v) is 7.10. The predicted molar refractivity (Wildman–Crippen MR) is 75.3 cm³/mol. The van der Waals surface area contributed by atoms with E-state index in [9.17, 15) is 0 Å². The molecule has 3 rings (SSSR count). The third-order valence-corrected chi connectivity index (χ3v) is 4.22. The lowest BCUT2D eigenvalue weighted by Gasteiger charge is -2.30. The Hall–Kier alpha value is -1.10. The van der Waals surface area contributed by atoms with Gasteiger partial charge in [-0.2, -0.15) is 0 Å². The quantitative estimate of drug-likeness (QED) is 0.936. The van der Waals surface area contributed by atoms with Crippen LogP contribution < -0.4 is 0 Å². The van der Waals surface area contributed by atoms with Crippen molar-refractivity contribution < 1.29 is 5.11 Å². The van der Waals surface area contributed by atoms with Crippen LogP contribution >= 0.6 is 11.6 Å². The molecule has 1 fully saturated rings. The van der Waals surface area contributed by atoms with E-state index in [0.717, 1.165) is 43.8 Å². The van der Waals surface area contributed by atoms with Crippen LogP contribution in [-0.2, 0) is 6.54 Å². The van der Waals surface area contributed by atoms with E-state index < -0.39 is 0 Å². The van der Waals surface area contributed by atoms with Crippen molar-refractivity contribution in [2.45, 2.75) is 19.4 Å². The van der Waals surface area contributed by atoms with Gasteiger partial charge in [-0.1, -0.05) is 17.7 Å². The average molecular weight is 280 g/mol. The molecule has 0 amide bonds. The normalized spacial score (nSPS) is 18.2. The van der Waals surface area contributed by atoms with Gasteiger partial charge in [0.05, 0.1) is 5.69 Å². The maximum absolute atomic E-state index is 9.17. The molecular formula is C14H18ClN3O. The molecule has 2 aromatic heterocycles. The number of pyridine rings is 1. The first-order valence-electron chi connectivity index (χ1n) is 6.72. The average Bonchev–Trinajstić information content (AvgIpc) is 2.76. The van der Waals surface area contributed by atoms with Gasteiger partial charge in [0, 0.05) is 19.3 Å². The number of likely N-dealkylation sites (tertiary alicyclic amines) is 1. The molecule has 4 nitrogen and oxygen atoms in total. The molecule has 0 aromatic carbocycles. The van der Waals surface area contributed by atoms with E-state index in [0.29, 0.717) is 17.7 Å². The van der Waals surface area contributed by atoms with Gasteiger partial charge >= 0.3 is 0 Å². The summed E-state index contributed by atoms with van der Waals surface area (Å²) in [4.78, 5) is 6.75. The van der Waals surface area contributed by atoms with Crippen LogP contribution in [0, 0.1) is 5.92 Å². The van der Waals surface area contributed by atoms with E-state index in [4.69, 9.17) is 16.7 Å². The smallest absolute Gasteiger partial charge is 0.152 e. The number of halogens is 1. The fraction of sp³-hybridized carbons (Fsp3) is 0.500. The van der Waals surface area contributed by atoms with Gasteiger partial charge in [-0.15, -0.1) is 0 Å². The highest BCUT2D eigenvalue weighted by Gasteiger charge is 2.20. The molecule has 5 heteroatoms. The molecule has 0 atom stereocenters. The number of fused-ring (bicyclic) bond motifs is 1. The fourth-order valence-corrected chi connectivity index (χ4v) is 2.94. The van der Waals surface area contributed by atoms with Crippen LogP contribution in [0.15, 0.2) is 24.4 Å². The largest absolute Gasteiger partial charge is 0.396 e. The van der Waals surface area contributed by atoms with Crippen molar-refractivity contribution in [2.75, 3.05) is 19.7 Å². The highest BCUT2D eigenvalue weighted by molar-refractivity contribution is 6.30. The number of piperidine rings is 1. The van der Waals surface area contributed by atoms with Crippen LogP contribution in [0.5, 0.6) is 0 Å². The van der Waals surface area contributed by atoms with Gasteiger partial charge in [-0.3, -0.25) is 4.90 Å². The number of aliphatic hydroxyl groups is 1. The molecular weight excluding hydrogens is 262 g/mol. The van der Waals surface area contributed by atoms with Crippen molar-refractivity contribution >= 4 is 17.2 Å². The Balaban J connectivity index is 1.77. The van der Waals surface area contributed by atoms with E-state index in [-0.39, 0.29) is 0 Å². The zero-order valence-electron chi connectivity index (χ0n) is 10.8. The maximum atomic E-state index is 9.17. The standard InChI is InChI=1S/C14H18ClN3O/c15-14-12(18-6-2-1-3-13(18)16-14)9-17-7-4-11(10-19)5-8-17/h1-3,6,11,19H,4-5,7-10H2. The summed E-state index contributed by atoms with van der Waals surface area (Å²) in [5.74, 6) is 0.467. The van der Waals surface area contributed by atoms with Gasteiger partial charge in [0.25, 0.3) is 0 Å². The van der Waals surface area contributed by atoms with E-state index in [1.807, 2.05) is 24.4 Å². The van der Waals surface area contributed by atoms with Gasteiger partial charge in [0.2, 0.25) is 0 Å². The summed E-state index contributed by atoms with van der Waals surface area (Å²) in [6.07, 6.45) is 4.12. The summed E-state index contributed by atoms with van der Waals surface area (Å²) < 4.78 is 2.06. The van der Waals surface area contributed by atoms with E-state index in [2.05, 4.69) is 14.3 Å². The molecule has 0 spiro atoms. The van der Waals surface area contributed by atoms with Crippen molar-refractivity contribution in [1.29, 1.82) is 0 Å². The Kier molecular flexibility index (Phi) is 3.73. The van der Waals surface area contributed by atoms with Crippen molar-refractivity contribution in [3.8, 4) is 0 Å². The van der Waals surface area contributed by atoms with Crippen molar-refractivity contribution in [3.63, 3.8) is 0 Å². The number of aliphatic hydroxyl groups excluding tert-OH is 1. The number of rotatable bonds is 3. The second kappa shape index (κ2) is 5.49. The number of hydrogen-bond acceptors (Lipinski definition) is 3.